The Morgan fingerprint density at radius 3 is 2.73 bits per heavy atom. The lowest BCUT2D eigenvalue weighted by molar-refractivity contribution is 0.103. The van der Waals surface area contributed by atoms with Gasteiger partial charge in [0.15, 0.2) is 11.0 Å². The van der Waals surface area contributed by atoms with Gasteiger partial charge in [-0.2, -0.15) is 0 Å². The van der Waals surface area contributed by atoms with Gasteiger partial charge in [-0.1, -0.05) is 35.0 Å². The third kappa shape index (κ3) is 4.55. The molecule has 9 heteroatoms. The summed E-state index contributed by atoms with van der Waals surface area (Å²) in [6, 6.07) is 9.15. The first-order valence-electron chi connectivity index (χ1n) is 7.83. The highest BCUT2D eigenvalue weighted by atomic mass is 35.5. The second kappa shape index (κ2) is 9.34. The van der Waals surface area contributed by atoms with Gasteiger partial charge in [0, 0.05) is 23.7 Å². The van der Waals surface area contributed by atoms with Crippen molar-refractivity contribution in [3.8, 4) is 17.1 Å². The number of rotatable bonds is 8. The quantitative estimate of drug-likeness (QED) is 0.450. The van der Waals surface area contributed by atoms with Gasteiger partial charge in [-0.25, -0.2) is 0 Å². The molecule has 0 amide bonds. The van der Waals surface area contributed by atoms with E-state index in [4.69, 9.17) is 33.0 Å². The fourth-order valence-electron chi connectivity index (χ4n) is 2.26. The second-order valence-corrected chi connectivity index (χ2v) is 7.04. The van der Waals surface area contributed by atoms with Gasteiger partial charge in [0.25, 0.3) is 0 Å². The Labute approximate surface area is 165 Å². The lowest BCUT2D eigenvalue weighted by atomic mass is 10.2. The fourth-order valence-corrected chi connectivity index (χ4v) is 3.36. The monoisotopic (exact) mass is 410 g/mol. The van der Waals surface area contributed by atoms with Gasteiger partial charge in [0.1, 0.15) is 0 Å². The fraction of sp³-hybridized carbons (Fsp3) is 0.235. The molecule has 0 aliphatic rings. The number of halogens is 2. The van der Waals surface area contributed by atoms with Gasteiger partial charge >= 0.3 is 0 Å². The molecule has 6 nitrogen and oxygen atoms in total. The lowest BCUT2D eigenvalue weighted by Gasteiger charge is -2.11. The van der Waals surface area contributed by atoms with Gasteiger partial charge < -0.3 is 9.84 Å². The molecule has 0 spiro atoms. The number of aliphatic hydroxyl groups is 1. The summed E-state index contributed by atoms with van der Waals surface area (Å²) in [6.07, 6.45) is 3.44. The lowest BCUT2D eigenvalue weighted by Crippen LogP contribution is -2.04. The van der Waals surface area contributed by atoms with Crippen molar-refractivity contribution in [3.05, 3.63) is 52.8 Å². The van der Waals surface area contributed by atoms with Crippen LogP contribution in [0, 0.1) is 0 Å². The maximum absolute atomic E-state index is 8.77. The standard InChI is InChI=1S/C17H16Cl2N4O2S/c18-14-4-3-13(10-15(14)19)23-16(12-2-1-5-20-11-12)21-22-17(23)26-9-8-25-7-6-24/h1-5,10-11,24H,6-9H2. The zero-order chi connectivity index (χ0) is 18.4. The van der Waals surface area contributed by atoms with Gasteiger partial charge in [-0.3, -0.25) is 9.55 Å². The zero-order valence-corrected chi connectivity index (χ0v) is 16.0. The van der Waals surface area contributed by atoms with Crippen LogP contribution in [0.15, 0.2) is 47.9 Å². The molecule has 3 aromatic rings. The molecule has 0 unspecified atom stereocenters. The van der Waals surface area contributed by atoms with E-state index in [0.29, 0.717) is 40.0 Å². The van der Waals surface area contributed by atoms with E-state index in [9.17, 15) is 0 Å². The Morgan fingerprint density at radius 1 is 1.12 bits per heavy atom. The minimum Gasteiger partial charge on any atom is -0.394 e. The van der Waals surface area contributed by atoms with Crippen LogP contribution in [-0.4, -0.2) is 50.4 Å². The molecule has 0 saturated carbocycles. The third-order valence-corrected chi connectivity index (χ3v) is 5.04. The van der Waals surface area contributed by atoms with Crippen molar-refractivity contribution >= 4 is 35.0 Å². The highest BCUT2D eigenvalue weighted by molar-refractivity contribution is 7.99. The first-order valence-corrected chi connectivity index (χ1v) is 9.57. The van der Waals surface area contributed by atoms with Gasteiger partial charge in [0.2, 0.25) is 0 Å². The number of ether oxygens (including phenoxy) is 1. The summed E-state index contributed by atoms with van der Waals surface area (Å²) < 4.78 is 7.21. The van der Waals surface area contributed by atoms with E-state index in [1.54, 1.807) is 24.5 Å². The number of thioether (sulfide) groups is 1. The maximum atomic E-state index is 8.77. The Hall–Kier alpha value is -1.64. The molecule has 0 fully saturated rings. The summed E-state index contributed by atoms with van der Waals surface area (Å²) in [7, 11) is 0. The average Bonchev–Trinajstić information content (AvgIpc) is 3.08. The van der Waals surface area contributed by atoms with Crippen molar-refractivity contribution in [1.82, 2.24) is 19.7 Å². The van der Waals surface area contributed by atoms with Crippen LogP contribution in [-0.2, 0) is 4.74 Å². The number of benzene rings is 1. The van der Waals surface area contributed by atoms with Crippen molar-refractivity contribution in [1.29, 1.82) is 0 Å². The minimum atomic E-state index is 0.00920. The van der Waals surface area contributed by atoms with Crippen molar-refractivity contribution in [2.45, 2.75) is 5.16 Å². The van der Waals surface area contributed by atoms with E-state index in [-0.39, 0.29) is 6.61 Å². The Morgan fingerprint density at radius 2 is 2.00 bits per heavy atom. The summed E-state index contributed by atoms with van der Waals surface area (Å²) in [6.45, 7) is 0.831. The van der Waals surface area contributed by atoms with Crippen LogP contribution >= 0.6 is 35.0 Å². The van der Waals surface area contributed by atoms with Gasteiger partial charge in [-0.05, 0) is 30.3 Å². The summed E-state index contributed by atoms with van der Waals surface area (Å²) in [4.78, 5) is 4.15. The Kier molecular flexibility index (Phi) is 6.87. The van der Waals surface area contributed by atoms with E-state index in [1.165, 1.54) is 11.8 Å². The first-order chi connectivity index (χ1) is 12.7. The third-order valence-electron chi connectivity index (χ3n) is 3.41. The second-order valence-electron chi connectivity index (χ2n) is 5.17. The van der Waals surface area contributed by atoms with E-state index in [1.807, 2.05) is 22.8 Å². The van der Waals surface area contributed by atoms with Crippen LogP contribution in [0.5, 0.6) is 0 Å². The van der Waals surface area contributed by atoms with Crippen LogP contribution in [0.1, 0.15) is 0 Å². The molecule has 2 aromatic heterocycles. The molecule has 26 heavy (non-hydrogen) atoms. The predicted octanol–water partition coefficient (Wildman–Crippen LogP) is 3.74. The molecule has 2 heterocycles. The Bertz CT molecular complexity index is 861. The number of pyridine rings is 1. The number of nitrogens with zero attached hydrogens (tertiary/aromatic N) is 4. The van der Waals surface area contributed by atoms with Crippen molar-refractivity contribution < 1.29 is 9.84 Å². The van der Waals surface area contributed by atoms with Crippen molar-refractivity contribution in [2.75, 3.05) is 25.6 Å². The summed E-state index contributed by atoms with van der Waals surface area (Å²) >= 11 is 13.7. The molecular weight excluding hydrogens is 395 g/mol. The molecule has 0 atom stereocenters. The van der Waals surface area contributed by atoms with E-state index >= 15 is 0 Å². The molecule has 3 rings (SSSR count). The molecule has 0 radical (unpaired) electrons. The van der Waals surface area contributed by atoms with Gasteiger partial charge in [-0.15, -0.1) is 10.2 Å². The minimum absolute atomic E-state index is 0.00920. The van der Waals surface area contributed by atoms with E-state index in [2.05, 4.69) is 15.2 Å². The highest BCUT2D eigenvalue weighted by Crippen LogP contribution is 2.31. The molecule has 136 valence electrons. The Balaban J connectivity index is 1.94. The number of aliphatic hydroxyl groups excluding tert-OH is 1. The smallest absolute Gasteiger partial charge is 0.196 e. The summed E-state index contributed by atoms with van der Waals surface area (Å²) in [5.41, 5.74) is 1.65. The summed E-state index contributed by atoms with van der Waals surface area (Å²) in [5, 5.41) is 19.0. The van der Waals surface area contributed by atoms with Crippen molar-refractivity contribution in [2.24, 2.45) is 0 Å². The average molecular weight is 411 g/mol. The number of hydrogen-bond donors (Lipinski definition) is 1. The van der Waals surface area contributed by atoms with Crippen LogP contribution < -0.4 is 0 Å². The largest absolute Gasteiger partial charge is 0.394 e. The molecule has 1 N–H and O–H groups in total. The molecule has 0 saturated heterocycles. The topological polar surface area (TPSA) is 73.1 Å². The molecule has 0 aliphatic heterocycles. The maximum Gasteiger partial charge on any atom is 0.196 e. The van der Waals surface area contributed by atoms with E-state index < -0.39 is 0 Å². The van der Waals surface area contributed by atoms with Crippen molar-refractivity contribution in [3.63, 3.8) is 0 Å². The van der Waals surface area contributed by atoms with Crippen LogP contribution in [0.3, 0.4) is 0 Å². The van der Waals surface area contributed by atoms with Crippen LogP contribution in [0.2, 0.25) is 10.0 Å². The molecule has 1 aromatic carbocycles. The van der Waals surface area contributed by atoms with Crippen LogP contribution in [0.4, 0.5) is 0 Å². The normalized spacial score (nSPS) is 11.0. The molecule has 0 aliphatic carbocycles. The SMILES string of the molecule is OCCOCCSc1nnc(-c2cccnc2)n1-c1ccc(Cl)c(Cl)c1. The summed E-state index contributed by atoms with van der Waals surface area (Å²) in [5.74, 6) is 1.34. The molecule has 0 bridgehead atoms. The number of aromatic nitrogens is 4. The molecular formula is C17H16Cl2N4O2S. The predicted molar refractivity (Wildman–Crippen MR) is 103 cm³/mol. The van der Waals surface area contributed by atoms with Crippen LogP contribution in [0.25, 0.3) is 17.1 Å². The van der Waals surface area contributed by atoms with Gasteiger partial charge in [0.05, 0.1) is 35.6 Å². The zero-order valence-electron chi connectivity index (χ0n) is 13.7. The number of hydrogen-bond acceptors (Lipinski definition) is 6. The first kappa shape index (κ1) is 19.1. The highest BCUT2D eigenvalue weighted by Gasteiger charge is 2.17. The van der Waals surface area contributed by atoms with E-state index in [0.717, 1.165) is 11.3 Å².